The average Bonchev–Trinajstić information content (AvgIpc) is 2.49. The molecule has 2 aromatic carbocycles. The van der Waals surface area contributed by atoms with E-state index in [2.05, 4.69) is 4.98 Å². The quantitative estimate of drug-likeness (QED) is 0.780. The number of H-pyrrole nitrogens is 1. The minimum atomic E-state index is -0.105. The van der Waals surface area contributed by atoms with E-state index in [0.717, 1.165) is 22.8 Å². The summed E-state index contributed by atoms with van der Waals surface area (Å²) in [5.74, 6) is 1.56. The van der Waals surface area contributed by atoms with Gasteiger partial charge in [0.25, 0.3) is 0 Å². The standard InChI is InChI=1S/C17H13NO2/c19-17-8-4-7-16(18-17)13-9-11-15(12-10-13)20-14-5-2-1-3-6-14/h1-12H,(H,18,19). The second-order valence-electron chi connectivity index (χ2n) is 4.37. The minimum absolute atomic E-state index is 0.105. The van der Waals surface area contributed by atoms with Gasteiger partial charge in [-0.1, -0.05) is 24.3 Å². The molecule has 0 fully saturated rings. The van der Waals surface area contributed by atoms with Gasteiger partial charge in [-0.3, -0.25) is 4.79 Å². The lowest BCUT2D eigenvalue weighted by Gasteiger charge is -2.06. The molecule has 0 aliphatic rings. The summed E-state index contributed by atoms with van der Waals surface area (Å²) in [6.07, 6.45) is 0. The molecular weight excluding hydrogens is 250 g/mol. The molecule has 3 aromatic rings. The summed E-state index contributed by atoms with van der Waals surface area (Å²) in [5, 5.41) is 0. The number of rotatable bonds is 3. The molecule has 1 aromatic heterocycles. The first-order chi connectivity index (χ1) is 9.81. The number of benzene rings is 2. The zero-order valence-corrected chi connectivity index (χ0v) is 10.7. The molecule has 0 unspecified atom stereocenters. The van der Waals surface area contributed by atoms with E-state index in [1.54, 1.807) is 6.07 Å². The van der Waals surface area contributed by atoms with Crippen LogP contribution >= 0.6 is 0 Å². The number of aromatic amines is 1. The molecule has 0 amide bonds. The number of pyridine rings is 1. The predicted molar refractivity (Wildman–Crippen MR) is 79.0 cm³/mol. The van der Waals surface area contributed by atoms with Gasteiger partial charge in [0.15, 0.2) is 0 Å². The molecule has 0 saturated carbocycles. The summed E-state index contributed by atoms with van der Waals surface area (Å²) in [6, 6.07) is 22.3. The lowest BCUT2D eigenvalue weighted by molar-refractivity contribution is 0.483. The van der Waals surface area contributed by atoms with Crippen LogP contribution in [0.25, 0.3) is 11.3 Å². The molecule has 0 radical (unpaired) electrons. The maximum Gasteiger partial charge on any atom is 0.248 e. The second-order valence-corrected chi connectivity index (χ2v) is 4.37. The van der Waals surface area contributed by atoms with Gasteiger partial charge in [0.1, 0.15) is 11.5 Å². The molecule has 3 rings (SSSR count). The van der Waals surface area contributed by atoms with Crippen LogP contribution in [0, 0.1) is 0 Å². The molecule has 1 N–H and O–H groups in total. The van der Waals surface area contributed by atoms with Crippen molar-refractivity contribution in [1.29, 1.82) is 0 Å². The Morgan fingerprint density at radius 1 is 0.700 bits per heavy atom. The number of hydrogen-bond acceptors (Lipinski definition) is 2. The molecule has 0 atom stereocenters. The summed E-state index contributed by atoms with van der Waals surface area (Å²) in [5.41, 5.74) is 1.64. The van der Waals surface area contributed by atoms with E-state index in [0.29, 0.717) is 0 Å². The van der Waals surface area contributed by atoms with Gasteiger partial charge in [-0.25, -0.2) is 0 Å². The highest BCUT2D eigenvalue weighted by Crippen LogP contribution is 2.24. The van der Waals surface area contributed by atoms with Crippen molar-refractivity contribution >= 4 is 0 Å². The van der Waals surface area contributed by atoms with Crippen molar-refractivity contribution in [3.8, 4) is 22.8 Å². The van der Waals surface area contributed by atoms with E-state index in [9.17, 15) is 4.79 Å². The van der Waals surface area contributed by atoms with Gasteiger partial charge in [-0.15, -0.1) is 0 Å². The zero-order valence-electron chi connectivity index (χ0n) is 10.7. The van der Waals surface area contributed by atoms with E-state index in [4.69, 9.17) is 4.74 Å². The highest BCUT2D eigenvalue weighted by molar-refractivity contribution is 5.59. The van der Waals surface area contributed by atoms with Crippen LogP contribution in [0.5, 0.6) is 11.5 Å². The summed E-state index contributed by atoms with van der Waals surface area (Å²) >= 11 is 0. The van der Waals surface area contributed by atoms with E-state index in [-0.39, 0.29) is 5.56 Å². The predicted octanol–water partition coefficient (Wildman–Crippen LogP) is 3.83. The number of aromatic nitrogens is 1. The van der Waals surface area contributed by atoms with Crippen molar-refractivity contribution in [2.75, 3.05) is 0 Å². The van der Waals surface area contributed by atoms with Crippen LogP contribution in [-0.2, 0) is 0 Å². The maximum absolute atomic E-state index is 11.3. The molecule has 20 heavy (non-hydrogen) atoms. The lowest BCUT2D eigenvalue weighted by atomic mass is 10.1. The summed E-state index contributed by atoms with van der Waals surface area (Å²) in [7, 11) is 0. The molecule has 3 nitrogen and oxygen atoms in total. The van der Waals surface area contributed by atoms with E-state index in [1.807, 2.05) is 60.7 Å². The fourth-order valence-electron chi connectivity index (χ4n) is 1.94. The largest absolute Gasteiger partial charge is 0.457 e. The van der Waals surface area contributed by atoms with Crippen LogP contribution in [0.2, 0.25) is 0 Å². The van der Waals surface area contributed by atoms with Gasteiger partial charge in [0, 0.05) is 11.8 Å². The van der Waals surface area contributed by atoms with E-state index >= 15 is 0 Å². The number of ether oxygens (including phenoxy) is 1. The van der Waals surface area contributed by atoms with Gasteiger partial charge >= 0.3 is 0 Å². The SMILES string of the molecule is O=c1cccc(-c2ccc(Oc3ccccc3)cc2)[nH]1. The van der Waals surface area contributed by atoms with Crippen LogP contribution in [0.1, 0.15) is 0 Å². The van der Waals surface area contributed by atoms with E-state index < -0.39 is 0 Å². The van der Waals surface area contributed by atoms with Crippen LogP contribution in [-0.4, -0.2) is 4.98 Å². The first kappa shape index (κ1) is 12.2. The smallest absolute Gasteiger partial charge is 0.248 e. The van der Waals surface area contributed by atoms with Crippen molar-refractivity contribution in [3.63, 3.8) is 0 Å². The molecule has 0 aliphatic heterocycles. The fourth-order valence-corrected chi connectivity index (χ4v) is 1.94. The van der Waals surface area contributed by atoms with Gasteiger partial charge in [-0.05, 0) is 48.0 Å². The molecule has 0 bridgehead atoms. The van der Waals surface area contributed by atoms with Crippen molar-refractivity contribution in [1.82, 2.24) is 4.98 Å². The Bertz CT molecular complexity index is 746. The molecule has 0 saturated heterocycles. The second kappa shape index (κ2) is 5.45. The topological polar surface area (TPSA) is 42.1 Å². The maximum atomic E-state index is 11.3. The molecule has 0 spiro atoms. The third-order valence-electron chi connectivity index (χ3n) is 2.91. The molecule has 0 aliphatic carbocycles. The number of nitrogens with one attached hydrogen (secondary N) is 1. The third-order valence-corrected chi connectivity index (χ3v) is 2.91. The Balaban J connectivity index is 1.83. The fraction of sp³-hybridized carbons (Fsp3) is 0. The summed E-state index contributed by atoms with van der Waals surface area (Å²) < 4.78 is 5.72. The van der Waals surface area contributed by atoms with Gasteiger partial charge in [-0.2, -0.15) is 0 Å². The van der Waals surface area contributed by atoms with Crippen molar-refractivity contribution in [2.45, 2.75) is 0 Å². The zero-order chi connectivity index (χ0) is 13.8. The van der Waals surface area contributed by atoms with Crippen LogP contribution in [0.15, 0.2) is 77.6 Å². The highest BCUT2D eigenvalue weighted by Gasteiger charge is 2.00. The van der Waals surface area contributed by atoms with Gasteiger partial charge in [0.05, 0.1) is 0 Å². The Hall–Kier alpha value is -2.81. The Morgan fingerprint density at radius 3 is 2.10 bits per heavy atom. The Morgan fingerprint density at radius 2 is 1.40 bits per heavy atom. The van der Waals surface area contributed by atoms with Gasteiger partial charge < -0.3 is 9.72 Å². The van der Waals surface area contributed by atoms with Crippen LogP contribution in [0.3, 0.4) is 0 Å². The average molecular weight is 263 g/mol. The molecule has 3 heteroatoms. The summed E-state index contributed by atoms with van der Waals surface area (Å²) in [4.78, 5) is 14.1. The Labute approximate surface area is 116 Å². The first-order valence-corrected chi connectivity index (χ1v) is 6.34. The number of hydrogen-bond donors (Lipinski definition) is 1. The summed E-state index contributed by atoms with van der Waals surface area (Å²) in [6.45, 7) is 0. The lowest BCUT2D eigenvalue weighted by Crippen LogP contribution is -2.03. The molecule has 98 valence electrons. The van der Waals surface area contributed by atoms with Crippen LogP contribution < -0.4 is 10.3 Å². The van der Waals surface area contributed by atoms with E-state index in [1.165, 1.54) is 6.07 Å². The normalized spacial score (nSPS) is 10.2. The first-order valence-electron chi connectivity index (χ1n) is 6.34. The van der Waals surface area contributed by atoms with Gasteiger partial charge in [0.2, 0.25) is 5.56 Å². The third kappa shape index (κ3) is 2.78. The van der Waals surface area contributed by atoms with Crippen LogP contribution in [0.4, 0.5) is 0 Å². The number of para-hydroxylation sites is 1. The van der Waals surface area contributed by atoms with Crippen molar-refractivity contribution in [2.24, 2.45) is 0 Å². The molecule has 1 heterocycles. The van der Waals surface area contributed by atoms with Crippen molar-refractivity contribution in [3.05, 3.63) is 83.2 Å². The Kier molecular flexibility index (Phi) is 3.33. The molecular formula is C17H13NO2. The van der Waals surface area contributed by atoms with Crippen molar-refractivity contribution < 1.29 is 4.74 Å². The monoisotopic (exact) mass is 263 g/mol. The highest BCUT2D eigenvalue weighted by atomic mass is 16.5. The minimum Gasteiger partial charge on any atom is -0.457 e.